The van der Waals surface area contributed by atoms with Crippen molar-refractivity contribution in [3.63, 3.8) is 0 Å². The zero-order valence-corrected chi connectivity index (χ0v) is 19.9. The Morgan fingerprint density at radius 1 is 1.06 bits per heavy atom. The molecule has 0 bridgehead atoms. The summed E-state index contributed by atoms with van der Waals surface area (Å²) in [4.78, 5) is 13.3. The van der Waals surface area contributed by atoms with Gasteiger partial charge in [-0.1, -0.05) is 50.1 Å². The number of Topliss-reactive ketones (excluding diaryl/α,β-unsaturated/α-hetero) is 1. The zero-order valence-electron chi connectivity index (χ0n) is 19.1. The summed E-state index contributed by atoms with van der Waals surface area (Å²) in [6, 6.07) is 10.7. The number of allylic oxidation sites excluding steroid dienone is 2. The average Bonchev–Trinajstić information content (AvgIpc) is 3.06. The molecule has 0 aromatic heterocycles. The van der Waals surface area contributed by atoms with Crippen LogP contribution in [0.1, 0.15) is 91.8 Å². The van der Waals surface area contributed by atoms with Crippen LogP contribution in [0.4, 0.5) is 0 Å². The molecule has 0 spiro atoms. The molecule has 2 aliphatic rings. The number of fused-ring (bicyclic) bond motifs is 5. The highest BCUT2D eigenvalue weighted by molar-refractivity contribution is 7.84. The fourth-order valence-corrected chi connectivity index (χ4v) is 6.05. The highest BCUT2D eigenvalue weighted by Crippen LogP contribution is 2.45. The van der Waals surface area contributed by atoms with Gasteiger partial charge in [0, 0.05) is 33.9 Å². The molecule has 31 heavy (non-hydrogen) atoms. The van der Waals surface area contributed by atoms with Gasteiger partial charge in [-0.3, -0.25) is 9.00 Å². The fourth-order valence-electron chi connectivity index (χ4n) is 5.50. The smallest absolute Gasteiger partial charge is 0.163 e. The van der Waals surface area contributed by atoms with Crippen LogP contribution in [-0.2, 0) is 23.6 Å². The number of benzene rings is 2. The van der Waals surface area contributed by atoms with Crippen LogP contribution in [0.15, 0.2) is 46.9 Å². The molecule has 3 heteroatoms. The van der Waals surface area contributed by atoms with E-state index in [4.69, 9.17) is 0 Å². The summed E-state index contributed by atoms with van der Waals surface area (Å²) in [5.41, 5.74) is 8.95. The van der Waals surface area contributed by atoms with Gasteiger partial charge in [-0.25, -0.2) is 0 Å². The number of carbonyl (C=O) groups excluding carboxylic acids is 1. The van der Waals surface area contributed by atoms with Crippen LogP contribution in [0.5, 0.6) is 0 Å². The summed E-state index contributed by atoms with van der Waals surface area (Å²) >= 11 is 0. The van der Waals surface area contributed by atoms with Crippen LogP contribution in [-0.4, -0.2) is 16.2 Å². The summed E-state index contributed by atoms with van der Waals surface area (Å²) in [5, 5.41) is 0. The van der Waals surface area contributed by atoms with Gasteiger partial charge in [0.15, 0.2) is 5.78 Å². The number of aryl methyl sites for hydroxylation is 1. The monoisotopic (exact) mass is 434 g/mol. The largest absolute Gasteiger partial charge is 0.294 e. The first kappa shape index (κ1) is 22.2. The van der Waals surface area contributed by atoms with Crippen molar-refractivity contribution in [1.82, 2.24) is 0 Å². The lowest BCUT2D eigenvalue weighted by Crippen LogP contribution is -2.02. The number of rotatable bonds is 7. The molecule has 2 aromatic rings. The Balaban J connectivity index is 1.78. The minimum Gasteiger partial charge on any atom is -0.294 e. The molecule has 2 nitrogen and oxygen atoms in total. The summed E-state index contributed by atoms with van der Waals surface area (Å²) in [7, 11) is -1.02. The standard InChI is InChI=1S/C28H34O2S/c1-4-6-19(7-5-2)8-9-20-10-11-21-12-14-24-25(16-17-27(24)29)28(21)26-18-22(31(3)30)13-15-23(20)26/h6,12-15,18,20H,4-5,7-11,16-17H2,1-3H3. The molecular formula is C28H34O2S. The lowest BCUT2D eigenvalue weighted by molar-refractivity contribution is 0.0994. The average molecular weight is 435 g/mol. The summed E-state index contributed by atoms with van der Waals surface area (Å²) in [6.07, 6.45) is 13.6. The van der Waals surface area contributed by atoms with E-state index in [0.29, 0.717) is 12.3 Å². The summed E-state index contributed by atoms with van der Waals surface area (Å²) < 4.78 is 12.3. The molecule has 2 atom stereocenters. The van der Waals surface area contributed by atoms with Crippen molar-refractivity contribution in [2.24, 2.45) is 0 Å². The third-order valence-corrected chi connectivity index (χ3v) is 7.93. The minimum absolute atomic E-state index is 0.268. The molecule has 0 aliphatic heterocycles. The van der Waals surface area contributed by atoms with Crippen LogP contribution in [0.25, 0.3) is 11.1 Å². The topological polar surface area (TPSA) is 34.1 Å². The normalized spacial score (nSPS) is 18.9. The molecule has 2 aliphatic carbocycles. The summed E-state index contributed by atoms with van der Waals surface area (Å²) in [6.45, 7) is 4.48. The quantitative estimate of drug-likeness (QED) is 0.433. The van der Waals surface area contributed by atoms with Crippen LogP contribution < -0.4 is 0 Å². The first-order chi connectivity index (χ1) is 15.0. The van der Waals surface area contributed by atoms with Gasteiger partial charge in [0.05, 0.1) is 0 Å². The molecule has 2 aromatic carbocycles. The van der Waals surface area contributed by atoms with Crippen molar-refractivity contribution < 1.29 is 9.00 Å². The highest BCUT2D eigenvalue weighted by Gasteiger charge is 2.29. The maximum atomic E-state index is 12.4. The molecule has 0 saturated carbocycles. The first-order valence-corrected chi connectivity index (χ1v) is 13.4. The maximum Gasteiger partial charge on any atom is 0.163 e. The Labute approximate surface area is 189 Å². The predicted molar refractivity (Wildman–Crippen MR) is 130 cm³/mol. The number of hydrogen-bond acceptors (Lipinski definition) is 2. The van der Waals surface area contributed by atoms with Crippen molar-refractivity contribution >= 4 is 16.6 Å². The van der Waals surface area contributed by atoms with Gasteiger partial charge in [-0.05, 0) is 90.8 Å². The van der Waals surface area contributed by atoms with E-state index in [9.17, 15) is 9.00 Å². The van der Waals surface area contributed by atoms with Gasteiger partial charge in [0.1, 0.15) is 0 Å². The van der Waals surface area contributed by atoms with E-state index in [0.717, 1.165) is 49.0 Å². The van der Waals surface area contributed by atoms with Gasteiger partial charge in [-0.15, -0.1) is 0 Å². The third-order valence-electron chi connectivity index (χ3n) is 7.01. The van der Waals surface area contributed by atoms with Gasteiger partial charge < -0.3 is 0 Å². The maximum absolute atomic E-state index is 12.4. The molecule has 0 N–H and O–H groups in total. The first-order valence-electron chi connectivity index (χ1n) is 11.9. The number of ketones is 1. The van der Waals surface area contributed by atoms with E-state index in [1.54, 1.807) is 11.8 Å². The van der Waals surface area contributed by atoms with Crippen LogP contribution in [0, 0.1) is 0 Å². The van der Waals surface area contributed by atoms with Crippen molar-refractivity contribution in [2.75, 3.05) is 6.26 Å². The molecule has 164 valence electrons. The van der Waals surface area contributed by atoms with Gasteiger partial charge in [0.25, 0.3) is 0 Å². The fraction of sp³-hybridized carbons (Fsp3) is 0.464. The highest BCUT2D eigenvalue weighted by atomic mass is 32.2. The van der Waals surface area contributed by atoms with Crippen molar-refractivity contribution in [1.29, 1.82) is 0 Å². The lowest BCUT2D eigenvalue weighted by Gasteiger charge is -2.20. The number of carbonyl (C=O) groups is 1. The van der Waals surface area contributed by atoms with Crippen molar-refractivity contribution in [3.8, 4) is 11.1 Å². The van der Waals surface area contributed by atoms with E-state index < -0.39 is 10.8 Å². The SMILES string of the molecule is CCC=C(CCC)CCC1CCc2ccc3c(c2-c2cc(S(C)=O)ccc21)CCC3=O. The van der Waals surface area contributed by atoms with Crippen molar-refractivity contribution in [2.45, 2.75) is 82.4 Å². The number of hydrogen-bond donors (Lipinski definition) is 0. The van der Waals surface area contributed by atoms with Crippen molar-refractivity contribution in [3.05, 3.63) is 64.2 Å². The van der Waals surface area contributed by atoms with E-state index >= 15 is 0 Å². The molecule has 0 fully saturated rings. The molecule has 0 heterocycles. The second-order valence-corrected chi connectivity index (χ2v) is 10.4. The van der Waals surface area contributed by atoms with Gasteiger partial charge in [-0.2, -0.15) is 0 Å². The Morgan fingerprint density at radius 2 is 1.90 bits per heavy atom. The van der Waals surface area contributed by atoms with Crippen LogP contribution in [0.3, 0.4) is 0 Å². The second kappa shape index (κ2) is 9.65. The van der Waals surface area contributed by atoms with E-state index in [1.807, 2.05) is 0 Å². The van der Waals surface area contributed by atoms with Gasteiger partial charge >= 0.3 is 0 Å². The van der Waals surface area contributed by atoms with E-state index in [1.165, 1.54) is 40.7 Å². The molecule has 0 amide bonds. The minimum atomic E-state index is -1.02. The predicted octanol–water partition coefficient (Wildman–Crippen LogP) is 7.17. The third kappa shape index (κ3) is 4.48. The molecule has 0 radical (unpaired) electrons. The Morgan fingerprint density at radius 3 is 2.65 bits per heavy atom. The zero-order chi connectivity index (χ0) is 22.0. The van der Waals surface area contributed by atoms with Gasteiger partial charge in [0.2, 0.25) is 0 Å². The Hall–Kier alpha value is -2.00. The van der Waals surface area contributed by atoms with Crippen LogP contribution >= 0.6 is 0 Å². The molecular weight excluding hydrogens is 400 g/mol. The van der Waals surface area contributed by atoms with E-state index in [-0.39, 0.29) is 5.78 Å². The Bertz CT molecular complexity index is 1050. The Kier molecular flexibility index (Phi) is 6.91. The molecule has 2 unspecified atom stereocenters. The molecule has 4 rings (SSSR count). The summed E-state index contributed by atoms with van der Waals surface area (Å²) in [5.74, 6) is 0.760. The van der Waals surface area contributed by atoms with E-state index in [2.05, 4.69) is 50.3 Å². The second-order valence-electron chi connectivity index (χ2n) is 9.05. The van der Waals surface area contributed by atoms with Crippen LogP contribution in [0.2, 0.25) is 0 Å². The molecule has 0 saturated heterocycles. The lowest BCUT2D eigenvalue weighted by atomic mass is 9.85.